The van der Waals surface area contributed by atoms with Crippen LogP contribution in [0.4, 0.5) is 5.69 Å². The van der Waals surface area contributed by atoms with Crippen LogP contribution in [0.5, 0.6) is 5.75 Å². The van der Waals surface area contributed by atoms with Crippen LogP contribution in [0.3, 0.4) is 0 Å². The minimum absolute atomic E-state index is 0.0278. The number of carbonyl (C=O) groups is 1. The Kier molecular flexibility index (Phi) is 5.84. The number of aromatic amines is 1. The molecule has 2 heterocycles. The number of anilines is 1. The summed E-state index contributed by atoms with van der Waals surface area (Å²) in [5, 5.41) is 7.74. The first-order chi connectivity index (χ1) is 13.2. The number of fused-ring (bicyclic) bond motifs is 1. The molecule has 1 aliphatic heterocycles. The Bertz CT molecular complexity index is 902. The van der Waals surface area contributed by atoms with Gasteiger partial charge in [0, 0.05) is 11.5 Å². The maximum absolute atomic E-state index is 13.2. The number of rotatable bonds is 6. The molecule has 28 heavy (non-hydrogen) atoms. The maximum Gasteiger partial charge on any atom is 0.238 e. The molecule has 0 saturated carbocycles. The molecule has 0 unspecified atom stereocenters. The lowest BCUT2D eigenvalue weighted by atomic mass is 9.88. The average molecular weight is 401 g/mol. The molecule has 0 fully saturated rings. The van der Waals surface area contributed by atoms with E-state index in [9.17, 15) is 4.79 Å². The summed E-state index contributed by atoms with van der Waals surface area (Å²) in [6.45, 7) is 12.9. The van der Waals surface area contributed by atoms with Crippen LogP contribution in [-0.4, -0.2) is 39.0 Å². The van der Waals surface area contributed by atoms with Crippen molar-refractivity contribution in [3.63, 3.8) is 0 Å². The Morgan fingerprint density at radius 2 is 2.11 bits per heavy atom. The van der Waals surface area contributed by atoms with E-state index in [2.05, 4.69) is 55.9 Å². The van der Waals surface area contributed by atoms with Gasteiger partial charge in [0.25, 0.3) is 0 Å². The van der Waals surface area contributed by atoms with Crippen molar-refractivity contribution in [3.05, 3.63) is 35.7 Å². The average Bonchev–Trinajstić information content (AvgIpc) is 3.09. The van der Waals surface area contributed by atoms with Crippen molar-refractivity contribution in [1.29, 1.82) is 0 Å². The highest BCUT2D eigenvalue weighted by molar-refractivity contribution is 7.99. The minimum Gasteiger partial charge on any atom is -0.494 e. The van der Waals surface area contributed by atoms with Gasteiger partial charge in [-0.1, -0.05) is 31.7 Å². The molecule has 7 heteroatoms. The molecule has 150 valence electrons. The summed E-state index contributed by atoms with van der Waals surface area (Å²) in [6.07, 6.45) is 2.14. The molecule has 0 radical (unpaired) electrons. The van der Waals surface area contributed by atoms with Crippen molar-refractivity contribution in [2.45, 2.75) is 58.2 Å². The predicted octanol–water partition coefficient (Wildman–Crippen LogP) is 4.65. The second kappa shape index (κ2) is 7.99. The molecule has 0 aliphatic carbocycles. The fourth-order valence-electron chi connectivity index (χ4n) is 3.49. The van der Waals surface area contributed by atoms with E-state index in [0.29, 0.717) is 11.8 Å². The number of hydrogen-bond acceptors (Lipinski definition) is 5. The van der Waals surface area contributed by atoms with Gasteiger partial charge in [-0.15, -0.1) is 5.10 Å². The number of aromatic nitrogens is 3. The molecule has 0 saturated heterocycles. The molecule has 1 aromatic carbocycles. The van der Waals surface area contributed by atoms with Gasteiger partial charge in [0.2, 0.25) is 11.1 Å². The highest BCUT2D eigenvalue weighted by atomic mass is 32.2. The number of ether oxygens (including phenoxy) is 1. The third-order valence-corrected chi connectivity index (χ3v) is 5.53. The van der Waals surface area contributed by atoms with Crippen molar-refractivity contribution >= 4 is 28.9 Å². The monoisotopic (exact) mass is 400 g/mol. The summed E-state index contributed by atoms with van der Waals surface area (Å²) in [5.74, 6) is 2.23. The largest absolute Gasteiger partial charge is 0.494 e. The van der Waals surface area contributed by atoms with Gasteiger partial charge in [0.1, 0.15) is 11.6 Å². The number of hydrogen-bond donors (Lipinski definition) is 1. The maximum atomic E-state index is 13.2. The first-order valence-corrected chi connectivity index (χ1v) is 10.6. The Hall–Kier alpha value is -2.28. The van der Waals surface area contributed by atoms with E-state index >= 15 is 0 Å². The normalized spacial score (nSPS) is 15.4. The van der Waals surface area contributed by atoms with Gasteiger partial charge >= 0.3 is 0 Å². The summed E-state index contributed by atoms with van der Waals surface area (Å²) in [4.78, 5) is 19.5. The van der Waals surface area contributed by atoms with Crippen LogP contribution < -0.4 is 9.64 Å². The van der Waals surface area contributed by atoms with E-state index in [1.165, 1.54) is 11.8 Å². The summed E-state index contributed by atoms with van der Waals surface area (Å²) >= 11 is 1.36. The molecule has 0 spiro atoms. The molecule has 3 rings (SSSR count). The number of nitrogens with one attached hydrogen (secondary N) is 1. The topological polar surface area (TPSA) is 71.1 Å². The van der Waals surface area contributed by atoms with Crippen LogP contribution in [0.25, 0.3) is 5.57 Å². The standard InChI is InChI=1S/C21H28N4O2S/c1-7-27-15-8-9-17-16(10-15)14(4)11-21(5,6)25(17)18(26)12-28-20-22-19(13(2)3)23-24-20/h8-11,13H,7,12H2,1-6H3,(H,22,23,24). The van der Waals surface area contributed by atoms with Crippen molar-refractivity contribution in [1.82, 2.24) is 15.2 Å². The molecule has 0 bridgehead atoms. The van der Waals surface area contributed by atoms with Gasteiger partial charge in [-0.25, -0.2) is 4.98 Å². The summed E-state index contributed by atoms with van der Waals surface area (Å²) < 4.78 is 5.64. The zero-order valence-corrected chi connectivity index (χ0v) is 18.2. The van der Waals surface area contributed by atoms with Gasteiger partial charge in [0.15, 0.2) is 0 Å². The lowest BCUT2D eigenvalue weighted by Gasteiger charge is -2.41. The summed E-state index contributed by atoms with van der Waals surface area (Å²) in [5.41, 5.74) is 2.68. The van der Waals surface area contributed by atoms with E-state index in [1.807, 2.05) is 30.0 Å². The van der Waals surface area contributed by atoms with E-state index in [4.69, 9.17) is 4.74 Å². The Morgan fingerprint density at radius 1 is 1.36 bits per heavy atom. The number of allylic oxidation sites excluding steroid dienone is 1. The lowest BCUT2D eigenvalue weighted by Crippen LogP contribution is -2.49. The minimum atomic E-state index is -0.413. The number of amides is 1. The van der Waals surface area contributed by atoms with Crippen molar-refractivity contribution < 1.29 is 9.53 Å². The van der Waals surface area contributed by atoms with Crippen LogP contribution in [0.2, 0.25) is 0 Å². The number of nitrogens with zero attached hydrogens (tertiary/aromatic N) is 3. The second-order valence-corrected chi connectivity index (χ2v) is 8.71. The van der Waals surface area contributed by atoms with E-state index in [-0.39, 0.29) is 17.6 Å². The van der Waals surface area contributed by atoms with Crippen LogP contribution in [0, 0.1) is 0 Å². The Labute approximate surface area is 170 Å². The molecule has 2 aromatic rings. The van der Waals surface area contributed by atoms with Crippen molar-refractivity contribution in [2.24, 2.45) is 0 Å². The van der Waals surface area contributed by atoms with Gasteiger partial charge in [-0.2, -0.15) is 0 Å². The Morgan fingerprint density at radius 3 is 2.75 bits per heavy atom. The van der Waals surface area contributed by atoms with Crippen LogP contribution in [-0.2, 0) is 4.79 Å². The molecule has 6 nitrogen and oxygen atoms in total. The van der Waals surface area contributed by atoms with E-state index in [0.717, 1.165) is 28.4 Å². The first-order valence-electron chi connectivity index (χ1n) is 9.57. The number of thioether (sulfide) groups is 1. The molecule has 1 amide bonds. The van der Waals surface area contributed by atoms with Crippen molar-refractivity contribution in [2.75, 3.05) is 17.3 Å². The summed E-state index contributed by atoms with van der Waals surface area (Å²) in [6, 6.07) is 5.91. The van der Waals surface area contributed by atoms with Gasteiger partial charge < -0.3 is 9.64 Å². The predicted molar refractivity (Wildman–Crippen MR) is 114 cm³/mol. The molecule has 1 aromatic heterocycles. The highest BCUT2D eigenvalue weighted by Gasteiger charge is 2.35. The molecular formula is C21H28N4O2S. The smallest absolute Gasteiger partial charge is 0.238 e. The van der Waals surface area contributed by atoms with Gasteiger partial charge in [-0.3, -0.25) is 9.89 Å². The Balaban J connectivity index is 1.84. The molecule has 1 N–H and O–H groups in total. The number of carbonyl (C=O) groups excluding carboxylic acids is 1. The third-order valence-electron chi connectivity index (χ3n) is 4.69. The first kappa shape index (κ1) is 20.5. The lowest BCUT2D eigenvalue weighted by molar-refractivity contribution is -0.116. The fraction of sp³-hybridized carbons (Fsp3) is 0.476. The van der Waals surface area contributed by atoms with Gasteiger partial charge in [-0.05, 0) is 51.5 Å². The molecule has 0 atom stereocenters. The van der Waals surface area contributed by atoms with Gasteiger partial charge in [0.05, 0.1) is 23.6 Å². The zero-order valence-electron chi connectivity index (χ0n) is 17.4. The summed E-state index contributed by atoms with van der Waals surface area (Å²) in [7, 11) is 0. The third kappa shape index (κ3) is 4.09. The fourth-order valence-corrected chi connectivity index (χ4v) is 4.15. The SMILES string of the molecule is CCOc1ccc2c(c1)C(C)=CC(C)(C)N2C(=O)CSc1n[nH]c(C(C)C)n1. The molecule has 1 aliphatic rings. The van der Waals surface area contributed by atoms with E-state index in [1.54, 1.807) is 0 Å². The number of benzene rings is 1. The number of H-pyrrole nitrogens is 1. The van der Waals surface area contributed by atoms with Crippen LogP contribution in [0.15, 0.2) is 29.4 Å². The van der Waals surface area contributed by atoms with Crippen LogP contribution >= 0.6 is 11.8 Å². The van der Waals surface area contributed by atoms with Crippen molar-refractivity contribution in [3.8, 4) is 5.75 Å². The van der Waals surface area contributed by atoms with E-state index < -0.39 is 5.54 Å². The highest BCUT2D eigenvalue weighted by Crippen LogP contribution is 2.41. The second-order valence-electron chi connectivity index (χ2n) is 7.77. The van der Waals surface area contributed by atoms with Crippen LogP contribution in [0.1, 0.15) is 58.8 Å². The zero-order chi connectivity index (χ0) is 20.5. The molecular weight excluding hydrogens is 372 g/mol. The quantitative estimate of drug-likeness (QED) is 0.715.